The third kappa shape index (κ3) is 1.00. The largest absolute Gasteiger partial charge is 0.180 e. The minimum Gasteiger partial charge on any atom is -0.116 e. The van der Waals surface area contributed by atoms with Gasteiger partial charge in [0.05, 0.1) is 0 Å². The zero-order valence-electron chi connectivity index (χ0n) is 4.75. The van der Waals surface area contributed by atoms with E-state index >= 15 is 0 Å². The zero-order valence-corrected chi connectivity index (χ0v) is 6.46. The molecule has 8 heavy (non-hydrogen) atoms. The predicted octanol–water partition coefficient (Wildman–Crippen LogP) is 0.565. The summed E-state index contributed by atoms with van der Waals surface area (Å²) < 4.78 is 1.79. The van der Waals surface area contributed by atoms with Crippen LogP contribution in [0.25, 0.3) is 0 Å². The molecule has 0 radical (unpaired) electrons. The molecule has 0 N–H and O–H groups in total. The fourth-order valence-corrected chi connectivity index (χ4v) is 1.42. The van der Waals surface area contributed by atoms with E-state index in [1.54, 1.807) is 15.6 Å². The van der Waals surface area contributed by atoms with Gasteiger partial charge in [-0.05, 0) is 11.0 Å². The molecule has 0 aromatic carbocycles. The van der Waals surface area contributed by atoms with Crippen LogP contribution in [-0.4, -0.2) is 5.10 Å². The van der Waals surface area contributed by atoms with Gasteiger partial charge in [-0.3, -0.25) is 0 Å². The number of aryl methyl sites for hydroxylation is 2. The molecule has 0 aliphatic rings. The van der Waals surface area contributed by atoms with Crippen LogP contribution in [0.2, 0.25) is 0 Å². The van der Waals surface area contributed by atoms with Crippen molar-refractivity contribution in [2.75, 3.05) is 0 Å². The van der Waals surface area contributed by atoms with Gasteiger partial charge in [0.15, 0.2) is 23.6 Å². The summed E-state index contributed by atoms with van der Waals surface area (Å²) >= 11 is 5.70. The minimum atomic E-state index is 0.831. The second-order valence-corrected chi connectivity index (χ2v) is 3.28. The number of thiol groups is 1. The lowest BCUT2D eigenvalue weighted by atomic mass is 10.6. The number of nitrogens with zero attached hydrogens (tertiary/aromatic N) is 2. The maximum absolute atomic E-state index is 4.10. The Morgan fingerprint density at radius 2 is 2.38 bits per heavy atom. The summed E-state index contributed by atoms with van der Waals surface area (Å²) in [5.74, 6) is 0. The summed E-state index contributed by atoms with van der Waals surface area (Å²) in [4.78, 5) is 1.16. The van der Waals surface area contributed by atoms with Crippen molar-refractivity contribution in [1.82, 2.24) is 5.10 Å². The van der Waals surface area contributed by atoms with Gasteiger partial charge in [0, 0.05) is 5.10 Å². The standard InChI is InChI=1S/C4H6N2S2/c1-3-4(7)5-6(2)8-3/h1-2H3/p+1. The highest BCUT2D eigenvalue weighted by atomic mass is 32.1. The average Bonchev–Trinajstić information content (AvgIpc) is 1.85. The molecule has 1 aromatic rings. The van der Waals surface area contributed by atoms with E-state index in [1.807, 2.05) is 14.0 Å². The van der Waals surface area contributed by atoms with Crippen LogP contribution in [-0.2, 0) is 7.05 Å². The Morgan fingerprint density at radius 1 is 1.75 bits per heavy atom. The van der Waals surface area contributed by atoms with E-state index in [2.05, 4.69) is 17.7 Å². The van der Waals surface area contributed by atoms with Crippen molar-refractivity contribution in [3.05, 3.63) is 4.88 Å². The second-order valence-electron chi connectivity index (χ2n) is 1.54. The van der Waals surface area contributed by atoms with E-state index in [0.29, 0.717) is 0 Å². The molecule has 2 nitrogen and oxygen atoms in total. The van der Waals surface area contributed by atoms with Crippen LogP contribution in [0.15, 0.2) is 5.03 Å². The van der Waals surface area contributed by atoms with Gasteiger partial charge < -0.3 is 0 Å². The van der Waals surface area contributed by atoms with Gasteiger partial charge in [0.2, 0.25) is 0 Å². The van der Waals surface area contributed by atoms with Crippen molar-refractivity contribution in [3.8, 4) is 0 Å². The monoisotopic (exact) mass is 147 g/mol. The topological polar surface area (TPSA) is 16.8 Å². The molecule has 1 aromatic heterocycles. The van der Waals surface area contributed by atoms with Crippen molar-refractivity contribution >= 4 is 24.2 Å². The number of hydrogen-bond donors (Lipinski definition) is 1. The minimum absolute atomic E-state index is 0.831. The summed E-state index contributed by atoms with van der Waals surface area (Å²) in [6.45, 7) is 2.00. The van der Waals surface area contributed by atoms with E-state index < -0.39 is 0 Å². The van der Waals surface area contributed by atoms with Crippen LogP contribution in [0.5, 0.6) is 0 Å². The van der Waals surface area contributed by atoms with E-state index in [9.17, 15) is 0 Å². The van der Waals surface area contributed by atoms with Crippen molar-refractivity contribution in [2.45, 2.75) is 11.9 Å². The Labute approximate surface area is 57.7 Å². The van der Waals surface area contributed by atoms with Gasteiger partial charge in [-0.2, -0.15) is 0 Å². The summed E-state index contributed by atoms with van der Waals surface area (Å²) in [6.07, 6.45) is 0. The van der Waals surface area contributed by atoms with Gasteiger partial charge in [0.1, 0.15) is 4.88 Å². The second kappa shape index (κ2) is 2.03. The van der Waals surface area contributed by atoms with Gasteiger partial charge >= 0.3 is 0 Å². The Morgan fingerprint density at radius 3 is 2.50 bits per heavy atom. The molecule has 1 heterocycles. The van der Waals surface area contributed by atoms with E-state index in [1.165, 1.54) is 0 Å². The Hall–Kier alpha value is -0.0900. The first kappa shape index (κ1) is 6.04. The Bertz CT molecular complexity index is 174. The third-order valence-electron chi connectivity index (χ3n) is 0.819. The molecular formula is C4H7N2S2+. The van der Waals surface area contributed by atoms with Crippen LogP contribution in [0, 0.1) is 6.92 Å². The molecule has 0 atom stereocenters. The first-order chi connectivity index (χ1) is 3.70. The van der Waals surface area contributed by atoms with Crippen LogP contribution >= 0.6 is 24.2 Å². The van der Waals surface area contributed by atoms with Crippen molar-refractivity contribution in [3.63, 3.8) is 0 Å². The average molecular weight is 147 g/mol. The predicted molar refractivity (Wildman–Crippen MR) is 35.3 cm³/mol. The first-order valence-corrected chi connectivity index (χ1v) is 3.45. The molecule has 0 saturated carbocycles. The number of hydrogen-bond acceptors (Lipinski definition) is 3. The van der Waals surface area contributed by atoms with E-state index in [0.717, 1.165) is 9.90 Å². The van der Waals surface area contributed by atoms with E-state index in [-0.39, 0.29) is 0 Å². The summed E-state index contributed by atoms with van der Waals surface area (Å²) in [7, 11) is 1.90. The lowest BCUT2D eigenvalue weighted by Gasteiger charge is -1.67. The Balaban J connectivity index is 3.14. The summed E-state index contributed by atoms with van der Waals surface area (Å²) in [5, 5.41) is 4.84. The molecule has 0 aliphatic heterocycles. The van der Waals surface area contributed by atoms with Gasteiger partial charge in [-0.1, -0.05) is 0 Å². The fraction of sp³-hybridized carbons (Fsp3) is 0.500. The molecule has 0 aliphatic carbocycles. The lowest BCUT2D eigenvalue weighted by molar-refractivity contribution is -0.666. The number of aromatic nitrogens is 2. The quantitative estimate of drug-likeness (QED) is 0.419. The van der Waals surface area contributed by atoms with Gasteiger partial charge in [-0.25, -0.2) is 0 Å². The smallest absolute Gasteiger partial charge is 0.116 e. The van der Waals surface area contributed by atoms with Crippen LogP contribution in [0.4, 0.5) is 0 Å². The third-order valence-corrected chi connectivity index (χ3v) is 2.21. The van der Waals surface area contributed by atoms with Crippen molar-refractivity contribution in [2.24, 2.45) is 7.05 Å². The van der Waals surface area contributed by atoms with Crippen molar-refractivity contribution in [1.29, 1.82) is 0 Å². The molecule has 1 rings (SSSR count). The molecular weight excluding hydrogens is 140 g/mol. The van der Waals surface area contributed by atoms with Crippen LogP contribution < -0.4 is 4.07 Å². The normalized spacial score (nSPS) is 9.88. The highest BCUT2D eigenvalue weighted by Gasteiger charge is 2.05. The SMILES string of the molecule is Cc1s[n+](C)nc1S. The maximum Gasteiger partial charge on any atom is 0.180 e. The highest BCUT2D eigenvalue weighted by Crippen LogP contribution is 2.08. The molecule has 0 bridgehead atoms. The fourth-order valence-electron chi connectivity index (χ4n) is 0.463. The van der Waals surface area contributed by atoms with Crippen molar-refractivity contribution < 1.29 is 4.07 Å². The lowest BCUT2D eigenvalue weighted by Crippen LogP contribution is -2.25. The molecule has 0 fully saturated rings. The van der Waals surface area contributed by atoms with Crippen LogP contribution in [0.1, 0.15) is 4.88 Å². The van der Waals surface area contributed by atoms with Gasteiger partial charge in [0.25, 0.3) is 0 Å². The van der Waals surface area contributed by atoms with Gasteiger partial charge in [-0.15, -0.1) is 12.6 Å². The zero-order chi connectivity index (χ0) is 6.15. The molecule has 0 unspecified atom stereocenters. The molecule has 0 spiro atoms. The molecule has 4 heteroatoms. The van der Waals surface area contributed by atoms with Crippen LogP contribution in [0.3, 0.4) is 0 Å². The summed E-state index contributed by atoms with van der Waals surface area (Å²) in [6, 6.07) is 0. The first-order valence-electron chi connectivity index (χ1n) is 2.23. The highest BCUT2D eigenvalue weighted by molar-refractivity contribution is 7.80. The molecule has 0 saturated heterocycles. The van der Waals surface area contributed by atoms with E-state index in [4.69, 9.17) is 0 Å². The summed E-state index contributed by atoms with van der Waals surface area (Å²) in [5.41, 5.74) is 0. The molecule has 44 valence electrons. The Kier molecular flexibility index (Phi) is 1.53. The maximum atomic E-state index is 4.10. The molecule has 0 amide bonds. The number of rotatable bonds is 0.